The highest BCUT2D eigenvalue weighted by Crippen LogP contribution is 2.40. The second kappa shape index (κ2) is 11.5. The number of pyridine rings is 1. The Morgan fingerprint density at radius 2 is 1.85 bits per heavy atom. The van der Waals surface area contributed by atoms with Gasteiger partial charge >= 0.3 is 12.2 Å². The van der Waals surface area contributed by atoms with Crippen molar-refractivity contribution in [2.45, 2.75) is 56.8 Å². The van der Waals surface area contributed by atoms with Crippen molar-refractivity contribution in [2.24, 2.45) is 0 Å². The van der Waals surface area contributed by atoms with Gasteiger partial charge in [-0.25, -0.2) is 14.2 Å². The highest BCUT2D eigenvalue weighted by Gasteiger charge is 2.51. The van der Waals surface area contributed by atoms with Crippen LogP contribution in [0.1, 0.15) is 48.9 Å². The number of aromatic nitrogens is 1. The number of amides is 2. The van der Waals surface area contributed by atoms with Gasteiger partial charge in [-0.05, 0) is 48.6 Å². The normalized spacial score (nSPS) is 20.2. The van der Waals surface area contributed by atoms with Crippen LogP contribution in [0.5, 0.6) is 5.75 Å². The average Bonchev–Trinajstić information content (AvgIpc) is 3.55. The van der Waals surface area contributed by atoms with Crippen LogP contribution in [0.15, 0.2) is 30.3 Å². The van der Waals surface area contributed by atoms with E-state index in [0.717, 1.165) is 24.3 Å². The average molecular weight is 565 g/mol. The lowest BCUT2D eigenvalue weighted by Gasteiger charge is -2.44. The monoisotopic (exact) mass is 564 g/mol. The minimum Gasteiger partial charge on any atom is -0.497 e. The lowest BCUT2D eigenvalue weighted by Crippen LogP contribution is -2.54. The Balaban J connectivity index is 1.42. The van der Waals surface area contributed by atoms with E-state index >= 15 is 0 Å². The van der Waals surface area contributed by atoms with Crippen LogP contribution in [0, 0.1) is 5.82 Å². The molecule has 0 atom stereocenters. The van der Waals surface area contributed by atoms with E-state index < -0.39 is 24.0 Å². The van der Waals surface area contributed by atoms with Crippen LogP contribution in [-0.4, -0.2) is 78.9 Å². The largest absolute Gasteiger partial charge is 0.497 e. The quantitative estimate of drug-likeness (QED) is 0.468. The zero-order valence-corrected chi connectivity index (χ0v) is 22.9. The van der Waals surface area contributed by atoms with Crippen molar-refractivity contribution in [3.63, 3.8) is 0 Å². The molecule has 1 aromatic heterocycles. The zero-order chi connectivity index (χ0) is 28.5. The molecule has 8 nitrogen and oxygen atoms in total. The fourth-order valence-electron chi connectivity index (χ4n) is 6.12. The van der Waals surface area contributed by atoms with Crippen molar-refractivity contribution in [2.75, 3.05) is 51.3 Å². The first-order valence-corrected chi connectivity index (χ1v) is 13.8. The number of carbonyl (C=O) groups excluding carboxylic acids is 1. The van der Waals surface area contributed by atoms with Crippen LogP contribution in [0.25, 0.3) is 0 Å². The summed E-state index contributed by atoms with van der Waals surface area (Å²) >= 11 is 0. The number of ether oxygens (including phenoxy) is 1. The van der Waals surface area contributed by atoms with E-state index in [-0.39, 0.29) is 25.0 Å². The van der Waals surface area contributed by atoms with Crippen LogP contribution in [0.4, 0.5) is 28.2 Å². The van der Waals surface area contributed by atoms with Crippen molar-refractivity contribution < 1.29 is 27.1 Å². The van der Waals surface area contributed by atoms with Crippen LogP contribution in [0.3, 0.4) is 0 Å². The van der Waals surface area contributed by atoms with Crippen molar-refractivity contribution in [1.29, 1.82) is 0 Å². The van der Waals surface area contributed by atoms with E-state index in [2.05, 4.69) is 10.9 Å². The van der Waals surface area contributed by atoms with Gasteiger partial charge < -0.3 is 14.5 Å². The molecule has 0 radical (unpaired) electrons. The number of hydrogen-bond acceptors (Lipinski definition) is 6. The van der Waals surface area contributed by atoms with E-state index in [4.69, 9.17) is 9.72 Å². The summed E-state index contributed by atoms with van der Waals surface area (Å²) in [6.07, 6.45) is -3.33. The van der Waals surface area contributed by atoms with Crippen molar-refractivity contribution in [3.8, 4) is 5.75 Å². The Hall–Kier alpha value is -2.96. The summed E-state index contributed by atoms with van der Waals surface area (Å²) in [5, 5.41) is 0. The van der Waals surface area contributed by atoms with Gasteiger partial charge in [0.1, 0.15) is 17.4 Å². The van der Waals surface area contributed by atoms with Crippen LogP contribution < -0.4 is 20.5 Å². The summed E-state index contributed by atoms with van der Waals surface area (Å²) in [7, 11) is 1.46. The highest BCUT2D eigenvalue weighted by atomic mass is 19.4. The Kier molecular flexibility index (Phi) is 8.21. The Bertz CT molecular complexity index is 1210. The van der Waals surface area contributed by atoms with Crippen molar-refractivity contribution >= 4 is 11.8 Å². The molecule has 1 aromatic carbocycles. The molecule has 40 heavy (non-hydrogen) atoms. The van der Waals surface area contributed by atoms with Crippen molar-refractivity contribution in [1.82, 2.24) is 25.6 Å². The molecule has 0 unspecified atom stereocenters. The second-order valence-corrected chi connectivity index (χ2v) is 10.9. The number of carbonyl (C=O) groups is 1. The molecule has 3 fully saturated rings. The maximum Gasteiger partial charge on any atom is 0.390 e. The number of nitrogens with zero attached hydrogens (tertiary/aromatic N) is 4. The molecule has 5 rings (SSSR count). The number of anilines is 1. The minimum atomic E-state index is -4.21. The summed E-state index contributed by atoms with van der Waals surface area (Å²) in [5.74, 6) is 0.741. The van der Waals surface area contributed by atoms with Gasteiger partial charge in [-0.15, -0.1) is 0 Å². The predicted octanol–water partition coefficient (Wildman–Crippen LogP) is 4.21. The SMILES string of the molecule is CCc1nc(N2CC3(CCN(CCC(F)(F)F)CC3)N(Cc3cc(F)cc(OC)c3)C2=O)ccc1C1CNNC1. The van der Waals surface area contributed by atoms with Gasteiger partial charge in [0.25, 0.3) is 0 Å². The molecule has 3 aliphatic rings. The van der Waals surface area contributed by atoms with E-state index in [1.807, 2.05) is 19.1 Å². The van der Waals surface area contributed by atoms with Gasteiger partial charge in [0.2, 0.25) is 0 Å². The fraction of sp³-hybridized carbons (Fsp3) is 0.571. The van der Waals surface area contributed by atoms with E-state index in [1.165, 1.54) is 19.2 Å². The summed E-state index contributed by atoms with van der Waals surface area (Å²) in [6, 6.07) is 8.06. The van der Waals surface area contributed by atoms with Crippen molar-refractivity contribution in [3.05, 3.63) is 53.0 Å². The summed E-state index contributed by atoms with van der Waals surface area (Å²) < 4.78 is 58.1. The number of hydrogen-bond donors (Lipinski definition) is 2. The lowest BCUT2D eigenvalue weighted by molar-refractivity contribution is -0.139. The summed E-state index contributed by atoms with van der Waals surface area (Å²) in [4.78, 5) is 24.2. The molecule has 2 aromatic rings. The number of methoxy groups -OCH3 is 1. The van der Waals surface area contributed by atoms with Crippen LogP contribution >= 0.6 is 0 Å². The Labute approximate surface area is 231 Å². The molecule has 4 heterocycles. The molecule has 2 amide bonds. The number of nitrogens with one attached hydrogen (secondary N) is 2. The first-order valence-electron chi connectivity index (χ1n) is 13.8. The van der Waals surface area contributed by atoms with Gasteiger partial charge in [-0.1, -0.05) is 13.0 Å². The molecule has 0 aliphatic carbocycles. The summed E-state index contributed by atoms with van der Waals surface area (Å²) in [6.45, 7) is 4.98. The smallest absolute Gasteiger partial charge is 0.390 e. The predicted molar refractivity (Wildman–Crippen MR) is 143 cm³/mol. The van der Waals surface area contributed by atoms with Gasteiger partial charge in [-0.3, -0.25) is 15.8 Å². The van der Waals surface area contributed by atoms with Gasteiger partial charge in [0.05, 0.1) is 25.6 Å². The van der Waals surface area contributed by atoms with Crippen LogP contribution in [-0.2, 0) is 13.0 Å². The molecule has 3 saturated heterocycles. The molecular weight excluding hydrogens is 528 g/mol. The maximum atomic E-state index is 14.3. The second-order valence-electron chi connectivity index (χ2n) is 10.9. The Morgan fingerprint density at radius 1 is 1.12 bits per heavy atom. The lowest BCUT2D eigenvalue weighted by atomic mass is 9.86. The number of urea groups is 1. The molecule has 2 N–H and O–H groups in total. The number of benzene rings is 1. The molecule has 12 heteroatoms. The fourth-order valence-corrected chi connectivity index (χ4v) is 6.12. The maximum absolute atomic E-state index is 14.3. The zero-order valence-electron chi connectivity index (χ0n) is 22.9. The van der Waals surface area contributed by atoms with E-state index in [0.29, 0.717) is 56.0 Å². The van der Waals surface area contributed by atoms with E-state index in [9.17, 15) is 22.4 Å². The minimum absolute atomic E-state index is 0.0634. The first-order chi connectivity index (χ1) is 19.1. The third kappa shape index (κ3) is 6.03. The first kappa shape index (κ1) is 28.6. The topological polar surface area (TPSA) is 73.0 Å². The molecule has 0 saturated carbocycles. The molecule has 218 valence electrons. The van der Waals surface area contributed by atoms with Gasteiger partial charge in [-0.2, -0.15) is 13.2 Å². The number of alkyl halides is 3. The highest BCUT2D eigenvalue weighted by molar-refractivity contribution is 5.94. The number of rotatable bonds is 8. The molecule has 3 aliphatic heterocycles. The number of aryl methyl sites for hydroxylation is 1. The number of hydrazine groups is 1. The summed E-state index contributed by atoms with van der Waals surface area (Å²) in [5.41, 5.74) is 8.35. The number of piperidine rings is 1. The number of halogens is 4. The number of likely N-dealkylation sites (tertiary alicyclic amines) is 1. The Morgan fingerprint density at radius 3 is 2.50 bits per heavy atom. The molecular formula is C28H36F4N6O2. The standard InChI is InChI=1S/C28H36F4N6O2/c1-3-24-23(20-15-33-34-16-20)4-5-25(35-24)37-18-27(6-9-36(10-7-27)11-8-28(30,31)32)38(26(37)39)17-19-12-21(29)14-22(13-19)40-2/h4-5,12-14,20,33-34H,3,6-11,15-18H2,1-2H3. The van der Waals surface area contributed by atoms with Crippen LogP contribution in [0.2, 0.25) is 0 Å². The van der Waals surface area contributed by atoms with Gasteiger partial charge in [0, 0.05) is 56.9 Å². The third-order valence-corrected chi connectivity index (χ3v) is 8.36. The molecule has 1 spiro atoms. The third-order valence-electron chi connectivity index (χ3n) is 8.36. The molecule has 0 bridgehead atoms. The van der Waals surface area contributed by atoms with E-state index in [1.54, 1.807) is 20.8 Å². The van der Waals surface area contributed by atoms with Gasteiger partial charge in [0.15, 0.2) is 0 Å².